The van der Waals surface area contributed by atoms with E-state index in [1.165, 1.54) is 84.0 Å². The maximum Gasteiger partial charge on any atom is 0.0107 e. The van der Waals surface area contributed by atoms with Crippen molar-refractivity contribution < 1.29 is 0 Å². The van der Waals surface area contributed by atoms with Crippen molar-refractivity contribution in [1.29, 1.82) is 0 Å². The van der Waals surface area contributed by atoms with Crippen LogP contribution >= 0.6 is 0 Å². The molecule has 1 aliphatic carbocycles. The molecule has 106 valence electrons. The van der Waals surface area contributed by atoms with Crippen molar-refractivity contribution in [2.75, 3.05) is 26.2 Å². The van der Waals surface area contributed by atoms with E-state index in [4.69, 9.17) is 0 Å². The van der Waals surface area contributed by atoms with Gasteiger partial charge < -0.3 is 10.2 Å². The van der Waals surface area contributed by atoms with E-state index < -0.39 is 0 Å². The van der Waals surface area contributed by atoms with Gasteiger partial charge in [0.05, 0.1) is 0 Å². The second-order valence-electron chi connectivity index (χ2n) is 6.39. The van der Waals surface area contributed by atoms with Gasteiger partial charge in [0, 0.05) is 25.7 Å². The lowest BCUT2D eigenvalue weighted by Gasteiger charge is -2.20. The summed E-state index contributed by atoms with van der Waals surface area (Å²) in [5, 5.41) is 3.79. The fraction of sp³-hybridized carbons (Fsp3) is 1.00. The average Bonchev–Trinajstić information content (AvgIpc) is 2.65. The van der Waals surface area contributed by atoms with E-state index >= 15 is 0 Å². The van der Waals surface area contributed by atoms with E-state index in [0.29, 0.717) is 0 Å². The minimum Gasteiger partial charge on any atom is -0.313 e. The van der Waals surface area contributed by atoms with Gasteiger partial charge in [-0.2, -0.15) is 0 Å². The van der Waals surface area contributed by atoms with Gasteiger partial charge in [-0.25, -0.2) is 0 Å². The molecule has 2 heteroatoms. The van der Waals surface area contributed by atoms with E-state index in [1.807, 2.05) is 0 Å². The summed E-state index contributed by atoms with van der Waals surface area (Å²) in [6, 6.07) is 0.821. The monoisotopic (exact) mass is 252 g/mol. The predicted molar refractivity (Wildman–Crippen MR) is 78.9 cm³/mol. The fourth-order valence-electron chi connectivity index (χ4n) is 3.67. The number of nitrogens with one attached hydrogen (secondary N) is 1. The topological polar surface area (TPSA) is 15.3 Å². The van der Waals surface area contributed by atoms with E-state index in [2.05, 4.69) is 17.1 Å². The van der Waals surface area contributed by atoms with Crippen LogP contribution in [0.15, 0.2) is 0 Å². The zero-order valence-corrected chi connectivity index (χ0v) is 12.3. The van der Waals surface area contributed by atoms with Gasteiger partial charge in [-0.3, -0.25) is 0 Å². The molecule has 1 unspecified atom stereocenters. The van der Waals surface area contributed by atoms with E-state index in [-0.39, 0.29) is 0 Å². The highest BCUT2D eigenvalue weighted by Gasteiger charge is 2.21. The smallest absolute Gasteiger partial charge is 0.0107 e. The standard InChI is InChI=1S/C16H32N2/c1-2-7-15-10-12-18(14-15)13-11-17-16-8-5-3-4-6-9-16/h15-17H,2-14H2,1H3. The van der Waals surface area contributed by atoms with Gasteiger partial charge in [0.15, 0.2) is 0 Å². The number of nitrogens with zero attached hydrogens (tertiary/aromatic N) is 1. The van der Waals surface area contributed by atoms with Gasteiger partial charge in [0.1, 0.15) is 0 Å². The average molecular weight is 252 g/mol. The van der Waals surface area contributed by atoms with Crippen LogP contribution in [0.2, 0.25) is 0 Å². The largest absolute Gasteiger partial charge is 0.313 e. The summed E-state index contributed by atoms with van der Waals surface area (Å²) < 4.78 is 0. The van der Waals surface area contributed by atoms with Gasteiger partial charge in [-0.05, 0) is 38.1 Å². The normalized spacial score (nSPS) is 27.5. The number of rotatable bonds is 6. The summed E-state index contributed by atoms with van der Waals surface area (Å²) in [4.78, 5) is 2.67. The van der Waals surface area contributed by atoms with E-state index in [0.717, 1.165) is 12.0 Å². The fourth-order valence-corrected chi connectivity index (χ4v) is 3.67. The SMILES string of the molecule is CCCC1CCN(CCNC2CCCCCC2)C1. The molecule has 2 fully saturated rings. The Bertz CT molecular complexity index is 209. The summed E-state index contributed by atoms with van der Waals surface area (Å²) >= 11 is 0. The Morgan fingerprint density at radius 3 is 2.56 bits per heavy atom. The summed E-state index contributed by atoms with van der Waals surface area (Å²) in [5.41, 5.74) is 0. The zero-order chi connectivity index (χ0) is 12.6. The molecule has 2 nitrogen and oxygen atoms in total. The summed E-state index contributed by atoms with van der Waals surface area (Å²) in [5.74, 6) is 0.993. The van der Waals surface area contributed by atoms with Crippen molar-refractivity contribution in [2.45, 2.75) is 70.8 Å². The third kappa shape index (κ3) is 4.89. The molecule has 0 radical (unpaired) electrons. The van der Waals surface area contributed by atoms with Gasteiger partial charge in [-0.15, -0.1) is 0 Å². The Morgan fingerprint density at radius 1 is 1.06 bits per heavy atom. The molecule has 0 aromatic carbocycles. The van der Waals surface area contributed by atoms with Crippen LogP contribution in [0.4, 0.5) is 0 Å². The predicted octanol–water partition coefficient (Wildman–Crippen LogP) is 3.42. The first-order valence-corrected chi connectivity index (χ1v) is 8.34. The Labute approximate surface area is 114 Å². The molecule has 0 amide bonds. The number of likely N-dealkylation sites (tertiary alicyclic amines) is 1. The Morgan fingerprint density at radius 2 is 1.83 bits per heavy atom. The van der Waals surface area contributed by atoms with Crippen LogP contribution in [0, 0.1) is 5.92 Å². The molecular weight excluding hydrogens is 220 g/mol. The highest BCUT2D eigenvalue weighted by Crippen LogP contribution is 2.20. The third-order valence-corrected chi connectivity index (χ3v) is 4.78. The maximum absolute atomic E-state index is 3.79. The van der Waals surface area contributed by atoms with Crippen LogP contribution in [-0.4, -0.2) is 37.1 Å². The molecule has 0 spiro atoms. The van der Waals surface area contributed by atoms with Gasteiger partial charge in [0.2, 0.25) is 0 Å². The van der Waals surface area contributed by atoms with Crippen LogP contribution in [0.3, 0.4) is 0 Å². The summed E-state index contributed by atoms with van der Waals surface area (Å²) in [6.07, 6.45) is 12.9. The molecular formula is C16H32N2. The first-order valence-electron chi connectivity index (χ1n) is 8.34. The zero-order valence-electron chi connectivity index (χ0n) is 12.3. The molecule has 1 saturated heterocycles. The maximum atomic E-state index is 3.79. The molecule has 0 bridgehead atoms. The van der Waals surface area contributed by atoms with Crippen molar-refractivity contribution in [3.8, 4) is 0 Å². The van der Waals surface area contributed by atoms with Crippen molar-refractivity contribution >= 4 is 0 Å². The first kappa shape index (κ1) is 14.3. The molecule has 0 aromatic heterocycles. The lowest BCUT2D eigenvalue weighted by molar-refractivity contribution is 0.307. The van der Waals surface area contributed by atoms with Crippen molar-refractivity contribution in [3.05, 3.63) is 0 Å². The number of hydrogen-bond acceptors (Lipinski definition) is 2. The molecule has 2 rings (SSSR count). The van der Waals surface area contributed by atoms with E-state index in [9.17, 15) is 0 Å². The van der Waals surface area contributed by atoms with Crippen LogP contribution in [0.5, 0.6) is 0 Å². The quantitative estimate of drug-likeness (QED) is 0.729. The highest BCUT2D eigenvalue weighted by atomic mass is 15.2. The molecule has 1 atom stereocenters. The molecule has 2 aliphatic rings. The minimum absolute atomic E-state index is 0.821. The van der Waals surface area contributed by atoms with Gasteiger partial charge >= 0.3 is 0 Å². The lowest BCUT2D eigenvalue weighted by Crippen LogP contribution is -2.36. The Kier molecular flexibility index (Phi) is 6.50. The third-order valence-electron chi connectivity index (χ3n) is 4.78. The second kappa shape index (κ2) is 8.16. The molecule has 1 N–H and O–H groups in total. The van der Waals surface area contributed by atoms with Gasteiger partial charge in [0.25, 0.3) is 0 Å². The van der Waals surface area contributed by atoms with Crippen molar-refractivity contribution in [1.82, 2.24) is 10.2 Å². The number of hydrogen-bond donors (Lipinski definition) is 1. The van der Waals surface area contributed by atoms with Crippen molar-refractivity contribution in [3.63, 3.8) is 0 Å². The first-order chi connectivity index (χ1) is 8.88. The van der Waals surface area contributed by atoms with Crippen LogP contribution < -0.4 is 5.32 Å². The molecule has 1 heterocycles. The van der Waals surface area contributed by atoms with Crippen LogP contribution in [0.25, 0.3) is 0 Å². The Hall–Kier alpha value is -0.0800. The lowest BCUT2D eigenvalue weighted by atomic mass is 10.0. The molecule has 0 aromatic rings. The second-order valence-corrected chi connectivity index (χ2v) is 6.39. The minimum atomic E-state index is 0.821. The Balaban J connectivity index is 1.55. The molecule has 18 heavy (non-hydrogen) atoms. The summed E-state index contributed by atoms with van der Waals surface area (Å²) in [7, 11) is 0. The van der Waals surface area contributed by atoms with E-state index in [1.54, 1.807) is 0 Å². The van der Waals surface area contributed by atoms with Crippen LogP contribution in [0.1, 0.15) is 64.7 Å². The molecule has 1 saturated carbocycles. The molecule has 1 aliphatic heterocycles. The highest BCUT2D eigenvalue weighted by molar-refractivity contribution is 4.77. The van der Waals surface area contributed by atoms with Gasteiger partial charge in [-0.1, -0.05) is 39.0 Å². The van der Waals surface area contributed by atoms with Crippen LogP contribution in [-0.2, 0) is 0 Å². The summed E-state index contributed by atoms with van der Waals surface area (Å²) in [6.45, 7) is 7.51. The van der Waals surface area contributed by atoms with Crippen molar-refractivity contribution in [2.24, 2.45) is 5.92 Å².